The summed E-state index contributed by atoms with van der Waals surface area (Å²) in [6.45, 7) is 6.27. The van der Waals surface area contributed by atoms with Crippen molar-refractivity contribution in [1.29, 1.82) is 0 Å². The van der Waals surface area contributed by atoms with Crippen molar-refractivity contribution in [1.82, 2.24) is 4.90 Å². The molecule has 0 aromatic heterocycles. The van der Waals surface area contributed by atoms with Crippen molar-refractivity contribution in [3.8, 4) is 0 Å². The summed E-state index contributed by atoms with van der Waals surface area (Å²) in [6.07, 6.45) is 3.15. The van der Waals surface area contributed by atoms with Crippen molar-refractivity contribution in [2.24, 2.45) is 4.51 Å². The molecule has 0 aromatic rings. The number of carbonyl (C=O) groups excluding carboxylic acids is 1. The molecule has 4 nitrogen and oxygen atoms in total. The number of nitrogens with zero attached hydrogens (tertiary/aromatic N) is 2. The fourth-order valence-corrected chi connectivity index (χ4v) is 1.69. The number of hydrogen-bond donors (Lipinski definition) is 0. The van der Waals surface area contributed by atoms with E-state index in [0.29, 0.717) is 6.54 Å². The van der Waals surface area contributed by atoms with Crippen molar-refractivity contribution in [2.45, 2.75) is 45.3 Å². The van der Waals surface area contributed by atoms with Gasteiger partial charge in [-0.1, -0.05) is 0 Å². The quantitative estimate of drug-likeness (QED) is 0.653. The van der Waals surface area contributed by atoms with E-state index in [0.717, 1.165) is 12.8 Å². The van der Waals surface area contributed by atoms with Gasteiger partial charge >= 0.3 is 6.09 Å². The summed E-state index contributed by atoms with van der Waals surface area (Å²) in [5.74, 6) is 0. The van der Waals surface area contributed by atoms with Gasteiger partial charge in [0.25, 0.3) is 0 Å². The zero-order valence-corrected chi connectivity index (χ0v) is 10.1. The van der Waals surface area contributed by atoms with Gasteiger partial charge < -0.3 is 9.64 Å². The summed E-state index contributed by atoms with van der Waals surface area (Å²) in [6, 6.07) is -0.0163. The molecule has 1 amide bonds. The van der Waals surface area contributed by atoms with Crippen LogP contribution < -0.4 is 0 Å². The van der Waals surface area contributed by atoms with Crippen LogP contribution in [-0.2, 0) is 4.74 Å². The summed E-state index contributed by atoms with van der Waals surface area (Å²) >= 11 is 5.28. The number of amides is 1. The van der Waals surface area contributed by atoms with E-state index in [-0.39, 0.29) is 12.1 Å². The Morgan fingerprint density at radius 2 is 2.27 bits per heavy atom. The van der Waals surface area contributed by atoms with Crippen LogP contribution >= 0.6 is 11.8 Å². The molecule has 1 fully saturated rings. The van der Waals surface area contributed by atoms with E-state index < -0.39 is 5.60 Å². The first-order chi connectivity index (χ1) is 6.94. The standard InChI is InChI=1S/C10H17ClN2O2/c1-10(2,3)15-9(14)13-6-4-5-8(13)7-12-11/h7-8H,4-6H2,1-3H3/b12-7+. The fourth-order valence-electron chi connectivity index (χ4n) is 1.56. The highest BCUT2D eigenvalue weighted by Crippen LogP contribution is 2.19. The molecule has 0 radical (unpaired) electrons. The van der Waals surface area contributed by atoms with E-state index in [4.69, 9.17) is 16.5 Å². The number of likely N-dealkylation sites (tertiary alicyclic amines) is 1. The predicted octanol–water partition coefficient (Wildman–Crippen LogP) is 2.61. The third-order valence-corrected chi connectivity index (χ3v) is 2.27. The lowest BCUT2D eigenvalue weighted by Crippen LogP contribution is -2.40. The Bertz CT molecular complexity index is 261. The zero-order chi connectivity index (χ0) is 11.5. The highest BCUT2D eigenvalue weighted by molar-refractivity contribution is 6.17. The average molecular weight is 233 g/mol. The molecule has 1 saturated heterocycles. The van der Waals surface area contributed by atoms with Gasteiger partial charge in [0.2, 0.25) is 0 Å². The Morgan fingerprint density at radius 1 is 1.60 bits per heavy atom. The third kappa shape index (κ3) is 3.70. The van der Waals surface area contributed by atoms with E-state index in [2.05, 4.69) is 4.51 Å². The molecule has 86 valence electrons. The summed E-state index contributed by atoms with van der Waals surface area (Å²) in [7, 11) is 0. The average Bonchev–Trinajstić information content (AvgIpc) is 2.49. The molecule has 0 aromatic carbocycles. The van der Waals surface area contributed by atoms with Crippen molar-refractivity contribution >= 4 is 24.1 Å². The molecule has 0 N–H and O–H groups in total. The second-order valence-electron chi connectivity index (χ2n) is 4.63. The van der Waals surface area contributed by atoms with Crippen LogP contribution in [0.4, 0.5) is 4.79 Å². The van der Waals surface area contributed by atoms with Crippen LogP contribution in [0.3, 0.4) is 0 Å². The van der Waals surface area contributed by atoms with Crippen molar-refractivity contribution in [2.75, 3.05) is 6.54 Å². The molecule has 0 saturated carbocycles. The fraction of sp³-hybridized carbons (Fsp3) is 0.800. The SMILES string of the molecule is CC(C)(C)OC(=O)N1CCCC1/C=N/Cl. The largest absolute Gasteiger partial charge is 0.444 e. The molecule has 5 heteroatoms. The number of carbonyl (C=O) groups is 1. The van der Waals surface area contributed by atoms with Gasteiger partial charge in [-0.15, -0.1) is 0 Å². The molecule has 1 heterocycles. The first-order valence-corrected chi connectivity index (χ1v) is 5.42. The maximum atomic E-state index is 11.7. The topological polar surface area (TPSA) is 41.9 Å². The smallest absolute Gasteiger partial charge is 0.410 e. The number of hydrogen-bond acceptors (Lipinski definition) is 3. The van der Waals surface area contributed by atoms with Crippen LogP contribution in [0.25, 0.3) is 0 Å². The summed E-state index contributed by atoms with van der Waals surface area (Å²) in [5.41, 5.74) is -0.456. The second kappa shape index (κ2) is 4.84. The van der Waals surface area contributed by atoms with Crippen LogP contribution in [0.1, 0.15) is 33.6 Å². The second-order valence-corrected chi connectivity index (χ2v) is 4.83. The molecule has 0 bridgehead atoms. The van der Waals surface area contributed by atoms with Gasteiger partial charge in [-0.3, -0.25) is 0 Å². The van der Waals surface area contributed by atoms with Crippen LogP contribution in [-0.4, -0.2) is 35.4 Å². The van der Waals surface area contributed by atoms with Gasteiger partial charge in [0.15, 0.2) is 0 Å². The molecule has 1 aliphatic rings. The minimum Gasteiger partial charge on any atom is -0.444 e. The first kappa shape index (κ1) is 12.3. The number of rotatable bonds is 1. The van der Waals surface area contributed by atoms with Crippen molar-refractivity contribution in [3.63, 3.8) is 0 Å². The van der Waals surface area contributed by atoms with Crippen LogP contribution in [0.5, 0.6) is 0 Å². The molecule has 15 heavy (non-hydrogen) atoms. The lowest BCUT2D eigenvalue weighted by Gasteiger charge is -2.26. The van der Waals surface area contributed by atoms with E-state index in [1.54, 1.807) is 11.1 Å². The molecule has 0 aliphatic carbocycles. The maximum Gasteiger partial charge on any atom is 0.410 e. The van der Waals surface area contributed by atoms with Gasteiger partial charge in [0.05, 0.1) is 6.04 Å². The Balaban J connectivity index is 2.59. The van der Waals surface area contributed by atoms with Gasteiger partial charge in [0.1, 0.15) is 5.60 Å². The summed E-state index contributed by atoms with van der Waals surface area (Å²) in [4.78, 5) is 13.4. The monoisotopic (exact) mass is 232 g/mol. The first-order valence-electron chi connectivity index (χ1n) is 5.08. The Hall–Kier alpha value is -0.770. The lowest BCUT2D eigenvalue weighted by atomic mass is 10.2. The van der Waals surface area contributed by atoms with Crippen molar-refractivity contribution < 1.29 is 9.53 Å². The highest BCUT2D eigenvalue weighted by Gasteiger charge is 2.30. The Labute approximate surface area is 95.4 Å². The van der Waals surface area contributed by atoms with E-state index in [1.807, 2.05) is 20.8 Å². The molecular weight excluding hydrogens is 216 g/mol. The summed E-state index contributed by atoms with van der Waals surface area (Å²) in [5, 5.41) is 0. The van der Waals surface area contributed by atoms with E-state index in [1.165, 1.54) is 0 Å². The predicted molar refractivity (Wildman–Crippen MR) is 60.3 cm³/mol. The van der Waals surface area contributed by atoms with Gasteiger partial charge in [0, 0.05) is 24.5 Å². The van der Waals surface area contributed by atoms with E-state index >= 15 is 0 Å². The van der Waals surface area contributed by atoms with Gasteiger partial charge in [-0.2, -0.15) is 4.51 Å². The Kier molecular flexibility index (Phi) is 3.97. The number of halogens is 1. The normalized spacial score (nSPS) is 22.4. The Morgan fingerprint density at radius 3 is 2.80 bits per heavy atom. The molecule has 1 aliphatic heterocycles. The molecule has 1 unspecified atom stereocenters. The minimum absolute atomic E-state index is 0.0163. The number of ether oxygens (including phenoxy) is 1. The van der Waals surface area contributed by atoms with Crippen LogP contribution in [0.15, 0.2) is 4.51 Å². The van der Waals surface area contributed by atoms with Gasteiger partial charge in [-0.05, 0) is 33.6 Å². The molecule has 0 spiro atoms. The summed E-state index contributed by atoms with van der Waals surface area (Å²) < 4.78 is 8.73. The molecule has 1 atom stereocenters. The lowest BCUT2D eigenvalue weighted by molar-refractivity contribution is 0.0268. The van der Waals surface area contributed by atoms with Crippen molar-refractivity contribution in [3.05, 3.63) is 0 Å². The van der Waals surface area contributed by atoms with Crippen LogP contribution in [0.2, 0.25) is 0 Å². The van der Waals surface area contributed by atoms with Crippen LogP contribution in [0, 0.1) is 0 Å². The van der Waals surface area contributed by atoms with Gasteiger partial charge in [-0.25, -0.2) is 4.79 Å². The van der Waals surface area contributed by atoms with E-state index in [9.17, 15) is 4.79 Å². The molecule has 1 rings (SSSR count). The third-order valence-electron chi connectivity index (χ3n) is 2.16. The molecular formula is C10H17ClN2O2. The highest BCUT2D eigenvalue weighted by atomic mass is 35.5. The maximum absolute atomic E-state index is 11.7. The minimum atomic E-state index is -0.456. The zero-order valence-electron chi connectivity index (χ0n) is 9.36.